The molecule has 17 heavy (non-hydrogen) atoms. The van der Waals surface area contributed by atoms with Crippen LogP contribution in [0, 0.1) is 0 Å². The zero-order valence-electron chi connectivity index (χ0n) is 11.0. The lowest BCUT2D eigenvalue weighted by Crippen LogP contribution is -2.41. The van der Waals surface area contributed by atoms with Gasteiger partial charge in [-0.25, -0.2) is 0 Å². The summed E-state index contributed by atoms with van der Waals surface area (Å²) in [6.07, 6.45) is 4.16. The average molecular weight is 258 g/mol. The van der Waals surface area contributed by atoms with E-state index >= 15 is 0 Å². The Morgan fingerprint density at radius 1 is 1.29 bits per heavy atom. The number of thioether (sulfide) groups is 1. The van der Waals surface area contributed by atoms with Gasteiger partial charge in [0.1, 0.15) is 0 Å². The van der Waals surface area contributed by atoms with Crippen LogP contribution in [0.4, 0.5) is 0 Å². The molecule has 1 saturated heterocycles. The van der Waals surface area contributed by atoms with E-state index in [0.717, 1.165) is 44.1 Å². The van der Waals surface area contributed by atoms with Gasteiger partial charge in [-0.2, -0.15) is 11.8 Å². The summed E-state index contributed by atoms with van der Waals surface area (Å²) in [4.78, 5) is 2.50. The van der Waals surface area contributed by atoms with Crippen molar-refractivity contribution in [1.29, 1.82) is 0 Å². The van der Waals surface area contributed by atoms with Crippen LogP contribution in [0.3, 0.4) is 0 Å². The quantitative estimate of drug-likeness (QED) is 0.782. The number of hydrogen-bond donors (Lipinski definition) is 1. The second kappa shape index (κ2) is 7.62. The Labute approximate surface area is 110 Å². The van der Waals surface area contributed by atoms with E-state index in [4.69, 9.17) is 4.74 Å². The smallest absolute Gasteiger partial charge is 0.0594 e. The van der Waals surface area contributed by atoms with Crippen molar-refractivity contribution in [1.82, 2.24) is 10.2 Å². The molecule has 1 saturated carbocycles. The first kappa shape index (κ1) is 13.7. The number of morpholine rings is 1. The molecule has 2 rings (SSSR count). The Morgan fingerprint density at radius 3 is 2.88 bits per heavy atom. The fourth-order valence-corrected chi connectivity index (χ4v) is 3.91. The molecule has 0 radical (unpaired) electrons. The lowest BCUT2D eigenvalue weighted by atomic mass is 10.2. The molecule has 0 aromatic rings. The molecule has 3 nitrogen and oxygen atoms in total. The normalized spacial score (nSPS) is 30.9. The maximum atomic E-state index is 5.36. The van der Waals surface area contributed by atoms with Crippen LogP contribution in [0.1, 0.15) is 26.2 Å². The van der Waals surface area contributed by atoms with Crippen LogP contribution >= 0.6 is 11.8 Å². The third-order valence-electron chi connectivity index (χ3n) is 3.75. The first-order valence-corrected chi connectivity index (χ1v) is 8.08. The summed E-state index contributed by atoms with van der Waals surface area (Å²) < 4.78 is 5.36. The second-order valence-corrected chi connectivity index (χ2v) is 6.57. The van der Waals surface area contributed by atoms with Gasteiger partial charge in [-0.1, -0.05) is 6.92 Å². The van der Waals surface area contributed by atoms with Gasteiger partial charge in [0, 0.05) is 37.5 Å². The van der Waals surface area contributed by atoms with Gasteiger partial charge in [-0.05, 0) is 25.0 Å². The van der Waals surface area contributed by atoms with Crippen LogP contribution in [0.5, 0.6) is 0 Å². The molecule has 0 spiro atoms. The Morgan fingerprint density at radius 2 is 2.12 bits per heavy atom. The molecule has 4 heteroatoms. The fourth-order valence-electron chi connectivity index (χ4n) is 2.76. The highest BCUT2D eigenvalue weighted by Crippen LogP contribution is 2.29. The highest BCUT2D eigenvalue weighted by atomic mass is 32.2. The minimum Gasteiger partial charge on any atom is -0.379 e. The fraction of sp³-hybridized carbons (Fsp3) is 1.00. The molecule has 0 amide bonds. The van der Waals surface area contributed by atoms with Gasteiger partial charge in [-0.15, -0.1) is 0 Å². The topological polar surface area (TPSA) is 24.5 Å². The van der Waals surface area contributed by atoms with Gasteiger partial charge in [0.2, 0.25) is 0 Å². The Balaban J connectivity index is 1.53. The molecule has 1 aliphatic heterocycles. The molecule has 1 aliphatic carbocycles. The van der Waals surface area contributed by atoms with Crippen molar-refractivity contribution >= 4 is 11.8 Å². The van der Waals surface area contributed by atoms with E-state index in [-0.39, 0.29) is 0 Å². The lowest BCUT2D eigenvalue weighted by Gasteiger charge is -2.27. The van der Waals surface area contributed by atoms with Crippen molar-refractivity contribution in [3.8, 4) is 0 Å². The Hall–Kier alpha value is 0.230. The van der Waals surface area contributed by atoms with Crippen molar-refractivity contribution in [3.05, 3.63) is 0 Å². The standard InChI is InChI=1S/C13H26N2OS/c1-2-17-13-4-3-12(11-13)14-5-6-15-7-9-16-10-8-15/h12-14H,2-11H2,1H3. The number of nitrogens with one attached hydrogen (secondary N) is 1. The van der Waals surface area contributed by atoms with Crippen molar-refractivity contribution in [2.24, 2.45) is 0 Å². The average Bonchev–Trinajstić information content (AvgIpc) is 2.79. The summed E-state index contributed by atoms with van der Waals surface area (Å²) in [6.45, 7) is 8.65. The van der Waals surface area contributed by atoms with E-state index in [9.17, 15) is 0 Å². The molecule has 2 unspecified atom stereocenters. The maximum Gasteiger partial charge on any atom is 0.0594 e. The number of nitrogens with zero attached hydrogens (tertiary/aromatic N) is 1. The summed E-state index contributed by atoms with van der Waals surface area (Å²) in [7, 11) is 0. The van der Waals surface area contributed by atoms with Gasteiger partial charge >= 0.3 is 0 Å². The SMILES string of the molecule is CCSC1CCC(NCCN2CCOCC2)C1. The molecular weight excluding hydrogens is 232 g/mol. The molecule has 0 aromatic carbocycles. The van der Waals surface area contributed by atoms with E-state index in [0.29, 0.717) is 0 Å². The van der Waals surface area contributed by atoms with E-state index in [1.54, 1.807) is 0 Å². The predicted octanol–water partition coefficient (Wildman–Crippen LogP) is 1.58. The van der Waals surface area contributed by atoms with Gasteiger partial charge in [0.15, 0.2) is 0 Å². The summed E-state index contributed by atoms with van der Waals surface area (Å²) >= 11 is 2.14. The van der Waals surface area contributed by atoms with Crippen LogP contribution < -0.4 is 5.32 Å². The van der Waals surface area contributed by atoms with E-state index in [1.165, 1.54) is 31.6 Å². The molecular formula is C13H26N2OS. The number of ether oxygens (including phenoxy) is 1. The monoisotopic (exact) mass is 258 g/mol. The predicted molar refractivity (Wildman–Crippen MR) is 74.8 cm³/mol. The molecule has 1 heterocycles. The van der Waals surface area contributed by atoms with Crippen molar-refractivity contribution in [2.45, 2.75) is 37.5 Å². The van der Waals surface area contributed by atoms with Crippen LogP contribution in [0.25, 0.3) is 0 Å². The summed E-state index contributed by atoms with van der Waals surface area (Å²) in [5.74, 6) is 1.27. The van der Waals surface area contributed by atoms with Gasteiger partial charge in [-0.3, -0.25) is 4.90 Å². The van der Waals surface area contributed by atoms with Crippen LogP contribution in [-0.4, -0.2) is 61.3 Å². The number of hydrogen-bond acceptors (Lipinski definition) is 4. The van der Waals surface area contributed by atoms with E-state index < -0.39 is 0 Å². The summed E-state index contributed by atoms with van der Waals surface area (Å²) in [6, 6.07) is 0.778. The first-order chi connectivity index (χ1) is 8.38. The zero-order chi connectivity index (χ0) is 11.9. The molecule has 2 atom stereocenters. The van der Waals surface area contributed by atoms with E-state index in [2.05, 4.69) is 28.9 Å². The molecule has 1 N–H and O–H groups in total. The van der Waals surface area contributed by atoms with Crippen molar-refractivity contribution < 1.29 is 4.74 Å². The largest absolute Gasteiger partial charge is 0.379 e. The number of rotatable bonds is 6. The molecule has 0 bridgehead atoms. The van der Waals surface area contributed by atoms with Gasteiger partial charge in [0.05, 0.1) is 13.2 Å². The van der Waals surface area contributed by atoms with Gasteiger partial charge < -0.3 is 10.1 Å². The molecule has 2 fully saturated rings. The maximum absolute atomic E-state index is 5.36. The third-order valence-corrected chi connectivity index (χ3v) is 4.98. The highest BCUT2D eigenvalue weighted by molar-refractivity contribution is 7.99. The first-order valence-electron chi connectivity index (χ1n) is 7.03. The van der Waals surface area contributed by atoms with Crippen LogP contribution in [-0.2, 0) is 4.74 Å². The minimum atomic E-state index is 0.778. The molecule has 2 aliphatic rings. The van der Waals surface area contributed by atoms with Crippen LogP contribution in [0.15, 0.2) is 0 Å². The second-order valence-electron chi connectivity index (χ2n) is 5.00. The van der Waals surface area contributed by atoms with Gasteiger partial charge in [0.25, 0.3) is 0 Å². The minimum absolute atomic E-state index is 0.778. The third kappa shape index (κ3) is 4.78. The summed E-state index contributed by atoms with van der Waals surface area (Å²) in [5, 5.41) is 4.64. The van der Waals surface area contributed by atoms with Crippen molar-refractivity contribution in [3.63, 3.8) is 0 Å². The van der Waals surface area contributed by atoms with Crippen molar-refractivity contribution in [2.75, 3.05) is 45.1 Å². The molecule has 100 valence electrons. The van der Waals surface area contributed by atoms with Crippen LogP contribution in [0.2, 0.25) is 0 Å². The summed E-state index contributed by atoms with van der Waals surface area (Å²) in [5.41, 5.74) is 0. The Bertz CT molecular complexity index is 210. The zero-order valence-corrected chi connectivity index (χ0v) is 11.8. The molecule has 0 aromatic heterocycles. The lowest BCUT2D eigenvalue weighted by molar-refractivity contribution is 0.0381. The highest BCUT2D eigenvalue weighted by Gasteiger charge is 2.23. The van der Waals surface area contributed by atoms with E-state index in [1.807, 2.05) is 0 Å². The Kier molecular flexibility index (Phi) is 6.12.